The zero-order valence-electron chi connectivity index (χ0n) is 51.3. The number of carbonyl (C=O) groups is 8. The highest BCUT2D eigenvalue weighted by molar-refractivity contribution is 5.98. The Morgan fingerprint density at radius 2 is 1.32 bits per heavy atom. The number of alkyl carbamates (subject to hydrolysis) is 1. The number of aliphatic hydroxyl groups is 1. The number of aliphatic hydroxyl groups excluding tert-OH is 1. The van der Waals surface area contributed by atoms with Gasteiger partial charge in [0.1, 0.15) is 36.4 Å². The van der Waals surface area contributed by atoms with E-state index < -0.39 is 120 Å². The van der Waals surface area contributed by atoms with Gasteiger partial charge in [-0.05, 0) is 94.4 Å². The fourth-order valence-corrected chi connectivity index (χ4v) is 10.2. The Hall–Kier alpha value is -6.32. The maximum Gasteiger partial charge on any atom is 0.410 e. The molecule has 21 heteroatoms. The Labute approximate surface area is 481 Å². The number of carbonyl (C=O) groups excluding carboxylic acids is 8. The average Bonchev–Trinajstić information content (AvgIpc) is 3.91. The fourth-order valence-electron chi connectivity index (χ4n) is 10.2. The topological polar surface area (TPSA) is 264 Å². The van der Waals surface area contributed by atoms with Crippen molar-refractivity contribution in [2.24, 2.45) is 29.6 Å². The molecule has 8 amide bonds. The van der Waals surface area contributed by atoms with Crippen molar-refractivity contribution in [3.8, 4) is 0 Å². The fraction of sp³-hybridized carbons (Fsp3) is 0.667. The summed E-state index contributed by atoms with van der Waals surface area (Å²) in [6.45, 7) is 25.1. The average molecular weight is 1140 g/mol. The first-order valence-corrected chi connectivity index (χ1v) is 28.4. The summed E-state index contributed by atoms with van der Waals surface area (Å²) in [5.41, 5.74) is 0.902. The standard InChI is InChI=1S/C60H96N8O13/c1-19-37(8)50(45(78-17)32-46(69)68-31-23-26-44(68)52(79-18)38(9)53(71)61-39(10)51(70)42-24-21-20-22-25-42)66(15)57(75)48(35(4)5)64-56(74)49(36(6)7)67(16)59(77)80-33-41-27-29-43(30-28-41)63-54(72)40(11)62-55(73)47(34(2)3)65-58(76)81-60(12,13)14/h20-22,24-25,27-30,34-40,44-45,47-52,70H,19,23,26,31-33H2,1-18H3,(H,61,71)(H,62,73)(H,63,72)(H,64,74)(H,65,76)/t37-,38+,39+,40-,44?,45+,47-,48-,49-,50-,51+,52+/m0/s1. The molecule has 0 bridgehead atoms. The van der Waals surface area contributed by atoms with Crippen LogP contribution in [-0.2, 0) is 54.3 Å². The van der Waals surface area contributed by atoms with Crippen LogP contribution in [0.5, 0.6) is 0 Å². The van der Waals surface area contributed by atoms with Crippen LogP contribution in [0.25, 0.3) is 0 Å². The largest absolute Gasteiger partial charge is 0.445 e. The molecule has 0 aliphatic carbocycles. The molecule has 1 saturated heterocycles. The van der Waals surface area contributed by atoms with E-state index in [1.165, 1.54) is 33.1 Å². The Morgan fingerprint density at radius 3 is 1.85 bits per heavy atom. The number of likely N-dealkylation sites (tertiary alicyclic amines) is 1. The van der Waals surface area contributed by atoms with Crippen LogP contribution in [0.1, 0.15) is 140 Å². The van der Waals surface area contributed by atoms with Crippen LogP contribution >= 0.6 is 0 Å². The summed E-state index contributed by atoms with van der Waals surface area (Å²) < 4.78 is 23.0. The second kappa shape index (κ2) is 31.8. The van der Waals surface area contributed by atoms with Crippen LogP contribution < -0.4 is 26.6 Å². The third-order valence-corrected chi connectivity index (χ3v) is 15.0. The summed E-state index contributed by atoms with van der Waals surface area (Å²) >= 11 is 0. The summed E-state index contributed by atoms with van der Waals surface area (Å²) in [6.07, 6.45) is -2.00. The molecule has 1 unspecified atom stereocenters. The molecule has 2 aromatic rings. The van der Waals surface area contributed by atoms with Gasteiger partial charge in [-0.15, -0.1) is 0 Å². The van der Waals surface area contributed by atoms with Gasteiger partial charge in [0.25, 0.3) is 0 Å². The first-order chi connectivity index (χ1) is 37.9. The number of methoxy groups -OCH3 is 2. The van der Waals surface area contributed by atoms with Crippen LogP contribution in [0.3, 0.4) is 0 Å². The molecule has 3 rings (SSSR count). The van der Waals surface area contributed by atoms with Crippen LogP contribution in [0, 0.1) is 29.6 Å². The van der Waals surface area contributed by atoms with E-state index in [2.05, 4.69) is 26.6 Å². The molecule has 0 radical (unpaired) electrons. The smallest absolute Gasteiger partial charge is 0.410 e. The molecule has 0 saturated carbocycles. The third kappa shape index (κ3) is 20.0. The van der Waals surface area contributed by atoms with E-state index in [1.807, 2.05) is 45.9 Å². The summed E-state index contributed by atoms with van der Waals surface area (Å²) in [5, 5.41) is 24.8. The highest BCUT2D eigenvalue weighted by Crippen LogP contribution is 2.30. The lowest BCUT2D eigenvalue weighted by molar-refractivity contribution is -0.148. The van der Waals surface area contributed by atoms with Crippen molar-refractivity contribution in [1.82, 2.24) is 36.0 Å². The minimum absolute atomic E-state index is 0.0724. The second-order valence-electron chi connectivity index (χ2n) is 23.6. The molecule has 81 heavy (non-hydrogen) atoms. The maximum atomic E-state index is 14.7. The number of rotatable bonds is 28. The van der Waals surface area contributed by atoms with E-state index in [9.17, 15) is 43.5 Å². The van der Waals surface area contributed by atoms with Crippen LogP contribution in [0.2, 0.25) is 0 Å². The van der Waals surface area contributed by atoms with E-state index in [1.54, 1.807) is 116 Å². The van der Waals surface area contributed by atoms with Gasteiger partial charge in [0.2, 0.25) is 35.4 Å². The minimum Gasteiger partial charge on any atom is -0.445 e. The van der Waals surface area contributed by atoms with Gasteiger partial charge in [-0.2, -0.15) is 0 Å². The van der Waals surface area contributed by atoms with Crippen LogP contribution in [-0.4, -0.2) is 162 Å². The third-order valence-electron chi connectivity index (χ3n) is 15.0. The number of nitrogens with one attached hydrogen (secondary N) is 5. The molecule has 0 aromatic heterocycles. The highest BCUT2D eigenvalue weighted by Gasteiger charge is 2.44. The Morgan fingerprint density at radius 1 is 0.716 bits per heavy atom. The van der Waals surface area contributed by atoms with E-state index in [4.69, 9.17) is 18.9 Å². The summed E-state index contributed by atoms with van der Waals surface area (Å²) in [4.78, 5) is 114. The lowest BCUT2D eigenvalue weighted by Crippen LogP contribution is -2.60. The van der Waals surface area contributed by atoms with Crippen molar-refractivity contribution < 1.29 is 62.4 Å². The second-order valence-corrected chi connectivity index (χ2v) is 23.6. The predicted octanol–water partition coefficient (Wildman–Crippen LogP) is 6.57. The molecule has 2 aromatic carbocycles. The summed E-state index contributed by atoms with van der Waals surface area (Å²) in [6, 6.07) is 10.00. The Bertz CT molecular complexity index is 2380. The maximum absolute atomic E-state index is 14.7. The SMILES string of the molecule is CC[C@H](C)[C@@H]([C@@H](CC(=O)N1CCCC1[C@H](OC)[C@@H](C)C(=O)N[C@H](C)[C@@H](O)c1ccccc1)OC)N(C)C(=O)[C@@H](NC(=O)[C@H](C(C)C)N(C)C(=O)OCc1ccc(NC(=O)[C@H](C)NC(=O)[C@@H](NC(=O)OC(C)(C)C)C(C)C)cc1)C(C)C. The molecule has 454 valence electrons. The normalized spacial score (nSPS) is 17.7. The number of anilines is 1. The molecular weight excluding hydrogens is 1040 g/mol. The molecule has 12 atom stereocenters. The van der Waals surface area contributed by atoms with Crippen molar-refractivity contribution >= 4 is 53.3 Å². The number of nitrogens with zero attached hydrogens (tertiary/aromatic N) is 3. The summed E-state index contributed by atoms with van der Waals surface area (Å²) in [7, 11) is 6.13. The predicted molar refractivity (Wildman–Crippen MR) is 309 cm³/mol. The number of amides is 8. The van der Waals surface area contributed by atoms with Crippen molar-refractivity contribution in [1.29, 1.82) is 0 Å². The molecule has 1 aliphatic heterocycles. The molecule has 1 fully saturated rings. The van der Waals surface area contributed by atoms with Crippen LogP contribution in [0.4, 0.5) is 15.3 Å². The van der Waals surface area contributed by atoms with Gasteiger partial charge in [-0.3, -0.25) is 33.7 Å². The van der Waals surface area contributed by atoms with E-state index in [0.717, 1.165) is 0 Å². The van der Waals surface area contributed by atoms with E-state index in [0.29, 0.717) is 42.6 Å². The monoisotopic (exact) mass is 1140 g/mol. The molecule has 21 nitrogen and oxygen atoms in total. The van der Waals surface area contributed by atoms with E-state index in [-0.39, 0.29) is 36.7 Å². The van der Waals surface area contributed by atoms with Gasteiger partial charge in [-0.25, -0.2) is 9.59 Å². The van der Waals surface area contributed by atoms with Gasteiger partial charge in [0, 0.05) is 40.5 Å². The number of hydrogen-bond donors (Lipinski definition) is 6. The quantitative estimate of drug-likeness (QED) is 0.0527. The van der Waals surface area contributed by atoms with Gasteiger partial charge < -0.3 is 60.4 Å². The molecule has 0 spiro atoms. The number of hydrogen-bond acceptors (Lipinski definition) is 13. The van der Waals surface area contributed by atoms with Gasteiger partial charge in [-0.1, -0.05) is 111 Å². The molecular formula is C60H96N8O13. The molecule has 6 N–H and O–H groups in total. The first-order valence-electron chi connectivity index (χ1n) is 28.4. The van der Waals surface area contributed by atoms with Gasteiger partial charge in [0.05, 0.1) is 48.8 Å². The van der Waals surface area contributed by atoms with E-state index >= 15 is 0 Å². The van der Waals surface area contributed by atoms with Crippen molar-refractivity contribution in [2.45, 2.75) is 195 Å². The summed E-state index contributed by atoms with van der Waals surface area (Å²) in [5.74, 6) is -4.49. The van der Waals surface area contributed by atoms with Crippen LogP contribution in [0.15, 0.2) is 54.6 Å². The lowest BCUT2D eigenvalue weighted by atomic mass is 9.89. The number of likely N-dealkylation sites (N-methyl/N-ethyl adjacent to an activating group) is 2. The first kappa shape index (κ1) is 69.0. The Kier molecular flexibility index (Phi) is 27.0. The zero-order chi connectivity index (χ0) is 61.2. The number of ether oxygens (including phenoxy) is 4. The van der Waals surface area contributed by atoms with Crippen molar-refractivity contribution in [3.63, 3.8) is 0 Å². The molecule has 1 heterocycles. The van der Waals surface area contributed by atoms with Crippen molar-refractivity contribution in [3.05, 3.63) is 65.7 Å². The van der Waals surface area contributed by atoms with Crippen molar-refractivity contribution in [2.75, 3.05) is 40.2 Å². The van der Waals surface area contributed by atoms with Gasteiger partial charge in [0.15, 0.2) is 0 Å². The molecule has 1 aliphatic rings. The number of benzene rings is 2. The minimum atomic E-state index is -1.04. The van der Waals surface area contributed by atoms with Gasteiger partial charge >= 0.3 is 12.2 Å². The highest BCUT2D eigenvalue weighted by atomic mass is 16.6. The lowest BCUT2D eigenvalue weighted by Gasteiger charge is -2.41. The Balaban J connectivity index is 1.67. The zero-order valence-corrected chi connectivity index (χ0v) is 51.3.